The van der Waals surface area contributed by atoms with E-state index in [0.717, 1.165) is 37.1 Å². The summed E-state index contributed by atoms with van der Waals surface area (Å²) in [5, 5.41) is 8.36. The fourth-order valence-electron chi connectivity index (χ4n) is 6.05. The van der Waals surface area contributed by atoms with Crippen LogP contribution in [0, 0.1) is 0 Å². The minimum Gasteiger partial charge on any atom is -0.372 e. The first-order chi connectivity index (χ1) is 17.4. The fraction of sp³-hybridized carbons (Fsp3) is 0.467. The van der Waals surface area contributed by atoms with E-state index in [-0.39, 0.29) is 29.1 Å². The Morgan fingerprint density at radius 1 is 1.03 bits per heavy atom. The lowest BCUT2D eigenvalue weighted by molar-refractivity contribution is 0.0436. The molecule has 2 aliphatic heterocycles. The van der Waals surface area contributed by atoms with E-state index in [1.807, 2.05) is 28.9 Å². The molecule has 0 radical (unpaired) electrons. The lowest BCUT2D eigenvalue weighted by Gasteiger charge is -2.39. The molecular weight excluding hydrogens is 448 g/mol. The standard InChI is InChI=1S/C30H38N4O2/c1-5-30(6-2)17-24(36-21-22-13-9-7-10-14-22)20-33(30)28(35)25-19-31-34-27(25)32-26(18-29(34,3)4)23-15-11-8-12-16-23/h7-16,19,24,26,32H,5-6,17-18,20-21H2,1-4H3/t24-,26-/m0/s1. The Kier molecular flexibility index (Phi) is 6.64. The maximum absolute atomic E-state index is 14.2. The van der Waals surface area contributed by atoms with Crippen LogP contribution in [0.25, 0.3) is 0 Å². The van der Waals surface area contributed by atoms with Gasteiger partial charge in [0.15, 0.2) is 0 Å². The summed E-state index contributed by atoms with van der Waals surface area (Å²) in [4.78, 5) is 16.2. The SMILES string of the molecule is CCC1(CC)C[C@H](OCc2ccccc2)CN1C(=O)c1cnn2c1N[C@H](c1ccccc1)CC2(C)C. The van der Waals surface area contributed by atoms with E-state index in [9.17, 15) is 4.79 Å². The van der Waals surface area contributed by atoms with E-state index in [1.165, 1.54) is 5.56 Å². The largest absolute Gasteiger partial charge is 0.372 e. The second-order valence-corrected chi connectivity index (χ2v) is 10.9. The van der Waals surface area contributed by atoms with Gasteiger partial charge in [-0.15, -0.1) is 0 Å². The molecule has 6 nitrogen and oxygen atoms in total. The number of carbonyl (C=O) groups is 1. The maximum Gasteiger partial charge on any atom is 0.259 e. The Morgan fingerprint density at radius 2 is 1.69 bits per heavy atom. The lowest BCUT2D eigenvalue weighted by atomic mass is 9.88. The molecule has 3 aromatic rings. The van der Waals surface area contributed by atoms with Gasteiger partial charge < -0.3 is 15.0 Å². The van der Waals surface area contributed by atoms with Crippen molar-refractivity contribution in [1.82, 2.24) is 14.7 Å². The average Bonchev–Trinajstić information content (AvgIpc) is 3.51. The summed E-state index contributed by atoms with van der Waals surface area (Å²) in [7, 11) is 0. The van der Waals surface area contributed by atoms with Crippen LogP contribution in [0.4, 0.5) is 5.82 Å². The van der Waals surface area contributed by atoms with Crippen molar-refractivity contribution in [3.05, 3.63) is 83.6 Å². The second-order valence-electron chi connectivity index (χ2n) is 10.9. The van der Waals surface area contributed by atoms with E-state index in [1.54, 1.807) is 6.20 Å². The maximum atomic E-state index is 14.2. The van der Waals surface area contributed by atoms with Crippen molar-refractivity contribution >= 4 is 11.7 Å². The minimum absolute atomic E-state index is 0.0157. The third-order valence-electron chi connectivity index (χ3n) is 8.25. The van der Waals surface area contributed by atoms with Crippen molar-refractivity contribution in [2.45, 2.75) is 83.2 Å². The number of hydrogen-bond acceptors (Lipinski definition) is 4. The van der Waals surface area contributed by atoms with Crippen molar-refractivity contribution in [3.63, 3.8) is 0 Å². The number of carbonyl (C=O) groups excluding carboxylic acids is 1. The van der Waals surface area contributed by atoms with E-state index in [4.69, 9.17) is 9.84 Å². The molecule has 36 heavy (non-hydrogen) atoms. The van der Waals surface area contributed by atoms with Crippen LogP contribution in [0.1, 0.15) is 80.9 Å². The second kappa shape index (κ2) is 9.74. The van der Waals surface area contributed by atoms with E-state index in [2.05, 4.69) is 74.3 Å². The highest BCUT2D eigenvalue weighted by Gasteiger charge is 2.47. The molecule has 3 heterocycles. The van der Waals surface area contributed by atoms with Gasteiger partial charge in [0.2, 0.25) is 0 Å². The number of nitrogens with one attached hydrogen (secondary N) is 1. The van der Waals surface area contributed by atoms with Gasteiger partial charge in [-0.1, -0.05) is 74.5 Å². The molecule has 0 bridgehead atoms. The van der Waals surface area contributed by atoms with Crippen molar-refractivity contribution < 1.29 is 9.53 Å². The molecule has 2 aromatic carbocycles. The number of nitrogens with zero attached hydrogens (tertiary/aromatic N) is 3. The predicted octanol–water partition coefficient (Wildman–Crippen LogP) is 6.17. The minimum atomic E-state index is -0.212. The van der Waals surface area contributed by atoms with Crippen molar-refractivity contribution in [2.24, 2.45) is 0 Å². The average molecular weight is 487 g/mol. The van der Waals surface area contributed by atoms with Gasteiger partial charge >= 0.3 is 0 Å². The van der Waals surface area contributed by atoms with E-state index in [0.29, 0.717) is 18.7 Å². The summed E-state index contributed by atoms with van der Waals surface area (Å²) >= 11 is 0. The zero-order valence-electron chi connectivity index (χ0n) is 21.9. The van der Waals surface area contributed by atoms with Gasteiger partial charge in [-0.25, -0.2) is 4.68 Å². The van der Waals surface area contributed by atoms with E-state index < -0.39 is 0 Å². The van der Waals surface area contributed by atoms with Crippen LogP contribution < -0.4 is 5.32 Å². The normalized spacial score (nSPS) is 22.2. The highest BCUT2D eigenvalue weighted by Crippen LogP contribution is 2.43. The Balaban J connectivity index is 1.41. The third-order valence-corrected chi connectivity index (χ3v) is 8.25. The summed E-state index contributed by atoms with van der Waals surface area (Å²) in [5.74, 6) is 0.864. The molecule has 190 valence electrons. The van der Waals surface area contributed by atoms with Gasteiger partial charge in [-0.05, 0) is 50.7 Å². The predicted molar refractivity (Wildman–Crippen MR) is 143 cm³/mol. The number of amides is 1. The first-order valence-electron chi connectivity index (χ1n) is 13.2. The summed E-state index contributed by atoms with van der Waals surface area (Å²) in [5.41, 5.74) is 2.61. The van der Waals surface area contributed by atoms with Gasteiger partial charge in [0.25, 0.3) is 5.91 Å². The zero-order valence-corrected chi connectivity index (χ0v) is 21.9. The molecule has 5 rings (SSSR count). The molecule has 1 N–H and O–H groups in total. The zero-order chi connectivity index (χ0) is 25.3. The summed E-state index contributed by atoms with van der Waals surface area (Å²) in [6, 6.07) is 20.8. The Morgan fingerprint density at radius 3 is 2.36 bits per heavy atom. The fourth-order valence-corrected chi connectivity index (χ4v) is 6.05. The van der Waals surface area contributed by atoms with Crippen molar-refractivity contribution in [1.29, 1.82) is 0 Å². The van der Waals surface area contributed by atoms with Gasteiger partial charge in [0, 0.05) is 12.1 Å². The third kappa shape index (κ3) is 4.43. The van der Waals surface area contributed by atoms with Crippen molar-refractivity contribution in [2.75, 3.05) is 11.9 Å². The summed E-state index contributed by atoms with van der Waals surface area (Å²) < 4.78 is 8.33. The van der Waals surface area contributed by atoms with Crippen LogP contribution in [-0.2, 0) is 16.9 Å². The Bertz CT molecular complexity index is 1180. The molecule has 1 saturated heterocycles. The topological polar surface area (TPSA) is 59.4 Å². The monoisotopic (exact) mass is 486 g/mol. The molecule has 2 aliphatic rings. The molecule has 0 saturated carbocycles. The number of ether oxygens (including phenoxy) is 1. The Hall–Kier alpha value is -3.12. The number of benzene rings is 2. The van der Waals surface area contributed by atoms with Crippen molar-refractivity contribution in [3.8, 4) is 0 Å². The molecular formula is C30H38N4O2. The van der Waals surface area contributed by atoms with E-state index >= 15 is 0 Å². The van der Waals surface area contributed by atoms with Gasteiger partial charge in [-0.3, -0.25) is 4.79 Å². The van der Waals surface area contributed by atoms with Crippen LogP contribution in [0.2, 0.25) is 0 Å². The molecule has 1 amide bonds. The highest BCUT2D eigenvalue weighted by molar-refractivity contribution is 5.99. The first kappa shape index (κ1) is 24.6. The van der Waals surface area contributed by atoms with Crippen LogP contribution >= 0.6 is 0 Å². The van der Waals surface area contributed by atoms with Crippen LogP contribution in [0.3, 0.4) is 0 Å². The molecule has 1 fully saturated rings. The highest BCUT2D eigenvalue weighted by atomic mass is 16.5. The summed E-state index contributed by atoms with van der Waals surface area (Å²) in [6.07, 6.45) is 5.32. The van der Waals surface area contributed by atoms with Gasteiger partial charge in [0.05, 0.1) is 30.5 Å². The number of hydrogen-bond donors (Lipinski definition) is 1. The smallest absolute Gasteiger partial charge is 0.259 e. The van der Waals surface area contributed by atoms with Crippen LogP contribution in [-0.4, -0.2) is 38.8 Å². The van der Waals surface area contributed by atoms with Gasteiger partial charge in [-0.2, -0.15) is 5.10 Å². The molecule has 0 aliphatic carbocycles. The quantitative estimate of drug-likeness (QED) is 0.434. The molecule has 0 unspecified atom stereocenters. The first-order valence-corrected chi connectivity index (χ1v) is 13.2. The van der Waals surface area contributed by atoms with Gasteiger partial charge in [0.1, 0.15) is 11.4 Å². The lowest BCUT2D eigenvalue weighted by Crippen LogP contribution is -2.47. The number of fused-ring (bicyclic) bond motifs is 1. The number of aromatic nitrogens is 2. The number of rotatable bonds is 7. The van der Waals surface area contributed by atoms with Crippen LogP contribution in [0.5, 0.6) is 0 Å². The molecule has 6 heteroatoms. The number of likely N-dealkylation sites (tertiary alicyclic amines) is 1. The summed E-state index contributed by atoms with van der Waals surface area (Å²) in [6.45, 7) is 9.92. The number of anilines is 1. The van der Waals surface area contributed by atoms with Crippen LogP contribution in [0.15, 0.2) is 66.9 Å². The Labute approximate surface area is 214 Å². The molecule has 1 aromatic heterocycles. The molecule has 2 atom stereocenters. The molecule has 0 spiro atoms.